The quantitative estimate of drug-likeness (QED) is 0.200. The molecule has 0 radical (unpaired) electrons. The van der Waals surface area contributed by atoms with Crippen molar-refractivity contribution in [2.45, 2.75) is 18.4 Å². The molecule has 4 N–H and O–H groups in total. The van der Waals surface area contributed by atoms with Gasteiger partial charge in [0.25, 0.3) is 0 Å². The van der Waals surface area contributed by atoms with E-state index in [9.17, 15) is 0 Å². The second-order valence-electron chi connectivity index (χ2n) is 9.16. The SMILES string of the molecule is N=C(N)c1ccc2c(c1)C1c3ccccc3CC1C(c1cccc(Oc3cc(Cl)cc(Cl)c3)c1)N2. The first kappa shape index (κ1) is 22.0. The van der Waals surface area contributed by atoms with E-state index in [-0.39, 0.29) is 17.8 Å². The molecule has 3 unspecified atom stereocenters. The highest BCUT2D eigenvalue weighted by atomic mass is 35.5. The number of nitrogens with two attached hydrogens (primary N) is 1. The van der Waals surface area contributed by atoms with Crippen LogP contribution in [-0.2, 0) is 6.42 Å². The van der Waals surface area contributed by atoms with Crippen LogP contribution in [-0.4, -0.2) is 5.84 Å². The van der Waals surface area contributed by atoms with Crippen molar-refractivity contribution in [1.29, 1.82) is 5.41 Å². The molecule has 1 aliphatic carbocycles. The lowest BCUT2D eigenvalue weighted by Crippen LogP contribution is -2.30. The van der Waals surface area contributed by atoms with E-state index in [1.54, 1.807) is 18.2 Å². The number of anilines is 1. The van der Waals surface area contributed by atoms with Crippen LogP contribution in [0.25, 0.3) is 0 Å². The first-order chi connectivity index (χ1) is 17.0. The van der Waals surface area contributed by atoms with Crippen molar-refractivity contribution >= 4 is 34.7 Å². The van der Waals surface area contributed by atoms with Gasteiger partial charge in [-0.2, -0.15) is 0 Å². The largest absolute Gasteiger partial charge is 0.457 e. The van der Waals surface area contributed by atoms with Crippen LogP contribution >= 0.6 is 23.2 Å². The van der Waals surface area contributed by atoms with Gasteiger partial charge in [0.15, 0.2) is 0 Å². The minimum atomic E-state index is 0.0868. The lowest BCUT2D eigenvalue weighted by atomic mass is 9.75. The average molecular weight is 500 g/mol. The topological polar surface area (TPSA) is 71.1 Å². The second kappa shape index (κ2) is 8.63. The summed E-state index contributed by atoms with van der Waals surface area (Å²) < 4.78 is 6.12. The van der Waals surface area contributed by atoms with Gasteiger partial charge in [0, 0.05) is 27.2 Å². The Balaban J connectivity index is 1.40. The first-order valence-corrected chi connectivity index (χ1v) is 12.3. The summed E-state index contributed by atoms with van der Waals surface area (Å²) in [5, 5.41) is 12.8. The van der Waals surface area contributed by atoms with Crippen molar-refractivity contribution in [1.82, 2.24) is 0 Å². The lowest BCUT2D eigenvalue weighted by Gasteiger charge is -2.38. The van der Waals surface area contributed by atoms with Gasteiger partial charge >= 0.3 is 0 Å². The van der Waals surface area contributed by atoms with Crippen LogP contribution in [0.3, 0.4) is 0 Å². The van der Waals surface area contributed by atoms with Crippen molar-refractivity contribution in [3.8, 4) is 11.5 Å². The molecule has 35 heavy (non-hydrogen) atoms. The summed E-state index contributed by atoms with van der Waals surface area (Å²) in [6, 6.07) is 28.2. The molecule has 0 aromatic heterocycles. The number of ether oxygens (including phenoxy) is 1. The van der Waals surface area contributed by atoms with E-state index in [4.69, 9.17) is 39.1 Å². The predicted octanol–water partition coefficient (Wildman–Crippen LogP) is 7.54. The Bertz CT molecular complexity index is 1450. The summed E-state index contributed by atoms with van der Waals surface area (Å²) in [5.74, 6) is 1.96. The maximum absolute atomic E-state index is 7.93. The zero-order valence-corrected chi connectivity index (χ0v) is 20.3. The molecule has 0 spiro atoms. The molecule has 6 heteroatoms. The summed E-state index contributed by atoms with van der Waals surface area (Å²) in [4.78, 5) is 0. The Morgan fingerprint density at radius 1 is 0.857 bits per heavy atom. The molecular formula is C29H23Cl2N3O. The van der Waals surface area contributed by atoms with Gasteiger partial charge in [0.05, 0.1) is 6.04 Å². The number of nitrogen functional groups attached to an aromatic ring is 1. The van der Waals surface area contributed by atoms with Crippen LogP contribution < -0.4 is 15.8 Å². The monoisotopic (exact) mass is 499 g/mol. The Morgan fingerprint density at radius 3 is 2.46 bits per heavy atom. The van der Waals surface area contributed by atoms with Gasteiger partial charge in [-0.15, -0.1) is 0 Å². The molecule has 174 valence electrons. The van der Waals surface area contributed by atoms with Crippen LogP contribution in [0.1, 0.15) is 39.8 Å². The van der Waals surface area contributed by atoms with E-state index >= 15 is 0 Å². The molecule has 4 aromatic carbocycles. The smallest absolute Gasteiger partial charge is 0.130 e. The number of benzene rings is 4. The molecule has 1 aliphatic heterocycles. The molecule has 0 saturated carbocycles. The van der Waals surface area contributed by atoms with Crippen LogP contribution in [0.2, 0.25) is 10.0 Å². The second-order valence-corrected chi connectivity index (χ2v) is 10.0. The van der Waals surface area contributed by atoms with E-state index in [0.717, 1.165) is 29.0 Å². The van der Waals surface area contributed by atoms with Crippen LogP contribution in [0, 0.1) is 11.3 Å². The van der Waals surface area contributed by atoms with Gasteiger partial charge < -0.3 is 15.8 Å². The predicted molar refractivity (Wildman–Crippen MR) is 142 cm³/mol. The van der Waals surface area contributed by atoms with Crippen molar-refractivity contribution in [2.24, 2.45) is 11.7 Å². The number of amidine groups is 1. The zero-order chi connectivity index (χ0) is 24.1. The molecule has 0 fully saturated rings. The number of halogens is 2. The summed E-state index contributed by atoms with van der Waals surface area (Å²) in [7, 11) is 0. The minimum absolute atomic E-state index is 0.0868. The molecular weight excluding hydrogens is 477 g/mol. The van der Waals surface area contributed by atoms with Gasteiger partial charge in [-0.3, -0.25) is 5.41 Å². The van der Waals surface area contributed by atoms with Crippen LogP contribution in [0.5, 0.6) is 11.5 Å². The summed E-state index contributed by atoms with van der Waals surface area (Å²) in [5.41, 5.74) is 12.7. The van der Waals surface area contributed by atoms with Crippen LogP contribution in [0.4, 0.5) is 5.69 Å². The molecule has 6 rings (SSSR count). The number of hydrogen-bond acceptors (Lipinski definition) is 3. The van der Waals surface area contributed by atoms with Crippen LogP contribution in [0.15, 0.2) is 84.9 Å². The Labute approximate surface area is 214 Å². The van der Waals surface area contributed by atoms with E-state index in [0.29, 0.717) is 21.7 Å². The van der Waals surface area contributed by atoms with Crippen molar-refractivity contribution in [2.75, 3.05) is 5.32 Å². The minimum Gasteiger partial charge on any atom is -0.457 e. The Morgan fingerprint density at radius 2 is 1.66 bits per heavy atom. The number of fused-ring (bicyclic) bond motifs is 5. The van der Waals surface area contributed by atoms with Crippen molar-refractivity contribution < 1.29 is 4.74 Å². The normalized spacial score (nSPS) is 19.8. The standard InChI is InChI=1S/C29H23Cl2N3O/c30-19-13-20(31)15-22(14-19)35-21-6-3-5-17(10-21)28-25-11-16-4-1-2-7-23(16)27(25)24-12-18(29(32)33)8-9-26(24)34-28/h1-10,12-15,25,27-28,34H,11H2,(H3,32,33). The third-order valence-corrected chi connectivity index (χ3v) is 7.44. The zero-order valence-electron chi connectivity index (χ0n) is 18.8. The Kier molecular flexibility index (Phi) is 5.43. The van der Waals surface area contributed by atoms with Crippen molar-refractivity contribution in [3.05, 3.63) is 123 Å². The molecule has 3 atom stereocenters. The fourth-order valence-corrected chi connectivity index (χ4v) is 6.06. The average Bonchev–Trinajstić information content (AvgIpc) is 3.22. The highest BCUT2D eigenvalue weighted by molar-refractivity contribution is 6.34. The number of nitrogens with one attached hydrogen (secondary N) is 2. The van der Waals surface area contributed by atoms with Gasteiger partial charge in [-0.1, -0.05) is 59.6 Å². The fraction of sp³-hybridized carbons (Fsp3) is 0.138. The molecule has 0 amide bonds. The maximum atomic E-state index is 7.93. The highest BCUT2D eigenvalue weighted by Crippen LogP contribution is 2.54. The number of hydrogen-bond donors (Lipinski definition) is 3. The molecule has 1 heterocycles. The van der Waals surface area contributed by atoms with E-state index in [2.05, 4.69) is 47.8 Å². The maximum Gasteiger partial charge on any atom is 0.130 e. The number of rotatable bonds is 4. The third kappa shape index (κ3) is 4.03. The summed E-state index contributed by atoms with van der Waals surface area (Å²) in [6.07, 6.45) is 0.969. The van der Waals surface area contributed by atoms with Crippen molar-refractivity contribution in [3.63, 3.8) is 0 Å². The summed E-state index contributed by atoms with van der Waals surface area (Å²) >= 11 is 12.3. The third-order valence-electron chi connectivity index (χ3n) is 7.00. The van der Waals surface area contributed by atoms with E-state index < -0.39 is 0 Å². The van der Waals surface area contributed by atoms with E-state index in [1.165, 1.54) is 16.7 Å². The summed E-state index contributed by atoms with van der Waals surface area (Å²) in [6.45, 7) is 0. The van der Waals surface area contributed by atoms with Gasteiger partial charge in [0.2, 0.25) is 0 Å². The van der Waals surface area contributed by atoms with Gasteiger partial charge in [-0.05, 0) is 83.1 Å². The fourth-order valence-electron chi connectivity index (χ4n) is 5.55. The van der Waals surface area contributed by atoms with E-state index in [1.807, 2.05) is 24.3 Å². The molecule has 2 aliphatic rings. The van der Waals surface area contributed by atoms with Gasteiger partial charge in [-0.25, -0.2) is 0 Å². The molecule has 0 bridgehead atoms. The lowest BCUT2D eigenvalue weighted by molar-refractivity contribution is 0.418. The highest BCUT2D eigenvalue weighted by Gasteiger charge is 2.43. The first-order valence-electron chi connectivity index (χ1n) is 11.5. The molecule has 4 nitrogen and oxygen atoms in total. The molecule has 0 saturated heterocycles. The molecule has 4 aromatic rings. The Hall–Kier alpha value is -3.47. The van der Waals surface area contributed by atoms with Gasteiger partial charge in [0.1, 0.15) is 17.3 Å².